The summed E-state index contributed by atoms with van der Waals surface area (Å²) < 4.78 is 10.7. The number of nitrogens with one attached hydrogen (secondary N) is 1. The van der Waals surface area contributed by atoms with Gasteiger partial charge in [0.1, 0.15) is 6.61 Å². The zero-order chi connectivity index (χ0) is 14.1. The van der Waals surface area contributed by atoms with Gasteiger partial charge in [-0.25, -0.2) is 0 Å². The molecule has 108 valence electrons. The Morgan fingerprint density at radius 3 is 2.68 bits per heavy atom. The lowest BCUT2D eigenvalue weighted by molar-refractivity contribution is 0.196. The van der Waals surface area contributed by atoms with Gasteiger partial charge in [-0.3, -0.25) is 0 Å². The number of benzene rings is 1. The first-order valence-corrected chi connectivity index (χ1v) is 6.43. The van der Waals surface area contributed by atoms with Gasteiger partial charge in [0.05, 0.1) is 13.7 Å². The van der Waals surface area contributed by atoms with Crippen LogP contribution < -0.4 is 14.8 Å². The molecule has 1 aromatic carbocycles. The molecule has 0 unspecified atom stereocenters. The van der Waals surface area contributed by atoms with Crippen LogP contribution in [0, 0.1) is 0 Å². The Kier molecular flexibility index (Phi) is 7.25. The van der Waals surface area contributed by atoms with Gasteiger partial charge in [-0.05, 0) is 31.8 Å². The quantitative estimate of drug-likeness (QED) is 0.646. The summed E-state index contributed by atoms with van der Waals surface area (Å²) in [6.07, 6.45) is 0. The molecule has 5 nitrogen and oxygen atoms in total. The lowest BCUT2D eigenvalue weighted by Gasteiger charge is -2.13. The van der Waals surface area contributed by atoms with Gasteiger partial charge in [0.2, 0.25) is 0 Å². The van der Waals surface area contributed by atoms with Crippen molar-refractivity contribution in [2.75, 3.05) is 47.5 Å². The summed E-state index contributed by atoms with van der Waals surface area (Å²) in [5.41, 5.74) is 1.15. The molecule has 0 saturated heterocycles. The molecular formula is C14H24N2O3. The number of hydrogen-bond donors (Lipinski definition) is 2. The van der Waals surface area contributed by atoms with Crippen LogP contribution in [0.3, 0.4) is 0 Å². The molecule has 1 aromatic rings. The number of methoxy groups -OCH3 is 1. The first-order chi connectivity index (χ1) is 9.17. The molecule has 0 aliphatic carbocycles. The Morgan fingerprint density at radius 1 is 1.26 bits per heavy atom. The average Bonchev–Trinajstić information content (AvgIpc) is 2.41. The predicted octanol–water partition coefficient (Wildman–Crippen LogP) is 0.717. The molecule has 0 fully saturated rings. The Balaban J connectivity index is 2.51. The van der Waals surface area contributed by atoms with E-state index in [1.807, 2.05) is 18.2 Å². The Morgan fingerprint density at radius 2 is 2.05 bits per heavy atom. The van der Waals surface area contributed by atoms with Gasteiger partial charge in [-0.1, -0.05) is 6.07 Å². The summed E-state index contributed by atoms with van der Waals surface area (Å²) in [7, 11) is 5.72. The highest BCUT2D eigenvalue weighted by molar-refractivity contribution is 5.42. The van der Waals surface area contributed by atoms with E-state index in [0.717, 1.165) is 25.2 Å². The summed E-state index contributed by atoms with van der Waals surface area (Å²) in [4.78, 5) is 2.14. The topological polar surface area (TPSA) is 54.0 Å². The summed E-state index contributed by atoms with van der Waals surface area (Å²) >= 11 is 0. The van der Waals surface area contributed by atoms with Crippen LogP contribution in [0.5, 0.6) is 11.5 Å². The second-order valence-corrected chi connectivity index (χ2v) is 4.54. The number of nitrogens with zero attached hydrogens (tertiary/aromatic N) is 1. The molecule has 0 amide bonds. The minimum Gasteiger partial charge on any atom is -0.493 e. The third-order valence-corrected chi connectivity index (χ3v) is 2.64. The standard InChI is InChI=1S/C14H24N2O3/c1-16(2)7-6-15-11-12-4-5-13(19-9-8-17)14(10-12)18-3/h4-5,10,15,17H,6-9,11H2,1-3H3. The lowest BCUT2D eigenvalue weighted by atomic mass is 10.2. The highest BCUT2D eigenvalue weighted by Crippen LogP contribution is 2.27. The number of rotatable bonds is 9. The monoisotopic (exact) mass is 268 g/mol. The highest BCUT2D eigenvalue weighted by atomic mass is 16.5. The molecule has 19 heavy (non-hydrogen) atoms. The van der Waals surface area contributed by atoms with Crippen LogP contribution >= 0.6 is 0 Å². The van der Waals surface area contributed by atoms with Gasteiger partial charge in [0.25, 0.3) is 0 Å². The Labute approximate surface area is 115 Å². The number of aliphatic hydroxyl groups excluding tert-OH is 1. The van der Waals surface area contributed by atoms with Crippen molar-refractivity contribution in [2.24, 2.45) is 0 Å². The number of ether oxygens (including phenoxy) is 2. The van der Waals surface area contributed by atoms with Gasteiger partial charge in [-0.2, -0.15) is 0 Å². The summed E-state index contributed by atoms with van der Waals surface area (Å²) in [6.45, 7) is 3.02. The third kappa shape index (κ3) is 5.92. The third-order valence-electron chi connectivity index (χ3n) is 2.64. The molecule has 0 spiro atoms. The summed E-state index contributed by atoms with van der Waals surface area (Å²) in [6, 6.07) is 5.82. The molecular weight excluding hydrogens is 244 g/mol. The second kappa shape index (κ2) is 8.74. The van der Waals surface area contributed by atoms with E-state index >= 15 is 0 Å². The van der Waals surface area contributed by atoms with Crippen molar-refractivity contribution in [2.45, 2.75) is 6.54 Å². The normalized spacial score (nSPS) is 10.8. The Hall–Kier alpha value is -1.30. The fourth-order valence-corrected chi connectivity index (χ4v) is 1.63. The lowest BCUT2D eigenvalue weighted by Crippen LogP contribution is -2.26. The molecule has 1 rings (SSSR count). The molecule has 0 heterocycles. The summed E-state index contributed by atoms with van der Waals surface area (Å²) in [5, 5.41) is 12.1. The van der Waals surface area contributed by atoms with Crippen molar-refractivity contribution in [3.05, 3.63) is 23.8 Å². The molecule has 0 aromatic heterocycles. The van der Waals surface area contributed by atoms with E-state index in [1.165, 1.54) is 0 Å². The van der Waals surface area contributed by atoms with E-state index in [9.17, 15) is 0 Å². The SMILES string of the molecule is COc1cc(CNCCN(C)C)ccc1OCCO. The van der Waals surface area contributed by atoms with Gasteiger partial charge < -0.3 is 24.8 Å². The Bertz CT molecular complexity index is 370. The van der Waals surface area contributed by atoms with Crippen LogP contribution in [0.25, 0.3) is 0 Å². The predicted molar refractivity (Wildman–Crippen MR) is 75.8 cm³/mol. The maximum absolute atomic E-state index is 8.75. The van der Waals surface area contributed by atoms with Gasteiger partial charge in [-0.15, -0.1) is 0 Å². The molecule has 0 radical (unpaired) electrons. The number of likely N-dealkylation sites (N-methyl/N-ethyl adjacent to an activating group) is 1. The molecule has 5 heteroatoms. The van der Waals surface area contributed by atoms with Crippen molar-refractivity contribution in [1.29, 1.82) is 0 Å². The van der Waals surface area contributed by atoms with Crippen LogP contribution in [-0.4, -0.2) is 57.5 Å². The van der Waals surface area contributed by atoms with Gasteiger partial charge in [0.15, 0.2) is 11.5 Å². The van der Waals surface area contributed by atoms with Crippen molar-refractivity contribution >= 4 is 0 Å². The minimum absolute atomic E-state index is 0.00298. The zero-order valence-electron chi connectivity index (χ0n) is 12.0. The van der Waals surface area contributed by atoms with Crippen molar-refractivity contribution in [1.82, 2.24) is 10.2 Å². The van der Waals surface area contributed by atoms with E-state index < -0.39 is 0 Å². The zero-order valence-corrected chi connectivity index (χ0v) is 12.0. The van der Waals surface area contributed by atoms with Gasteiger partial charge in [0, 0.05) is 19.6 Å². The molecule has 2 N–H and O–H groups in total. The van der Waals surface area contributed by atoms with E-state index in [2.05, 4.69) is 24.3 Å². The van der Waals surface area contributed by atoms with Crippen LogP contribution in [0.15, 0.2) is 18.2 Å². The van der Waals surface area contributed by atoms with E-state index in [1.54, 1.807) is 7.11 Å². The molecule has 0 aliphatic heterocycles. The fraction of sp³-hybridized carbons (Fsp3) is 0.571. The maximum Gasteiger partial charge on any atom is 0.161 e. The van der Waals surface area contributed by atoms with Crippen molar-refractivity contribution < 1.29 is 14.6 Å². The first kappa shape index (κ1) is 15.8. The summed E-state index contributed by atoms with van der Waals surface area (Å²) in [5.74, 6) is 1.36. The molecule has 0 aliphatic rings. The first-order valence-electron chi connectivity index (χ1n) is 6.43. The number of hydrogen-bond acceptors (Lipinski definition) is 5. The van der Waals surface area contributed by atoms with Crippen LogP contribution in [0.1, 0.15) is 5.56 Å². The van der Waals surface area contributed by atoms with E-state index in [-0.39, 0.29) is 13.2 Å². The maximum atomic E-state index is 8.75. The van der Waals surface area contributed by atoms with Crippen LogP contribution in [0.2, 0.25) is 0 Å². The second-order valence-electron chi connectivity index (χ2n) is 4.54. The van der Waals surface area contributed by atoms with Gasteiger partial charge >= 0.3 is 0 Å². The van der Waals surface area contributed by atoms with Crippen molar-refractivity contribution in [3.63, 3.8) is 0 Å². The van der Waals surface area contributed by atoms with E-state index in [4.69, 9.17) is 14.6 Å². The van der Waals surface area contributed by atoms with Crippen molar-refractivity contribution in [3.8, 4) is 11.5 Å². The number of aliphatic hydroxyl groups is 1. The van der Waals surface area contributed by atoms with Crippen LogP contribution in [0.4, 0.5) is 0 Å². The largest absolute Gasteiger partial charge is 0.493 e. The molecule has 0 saturated carbocycles. The van der Waals surface area contributed by atoms with Crippen LogP contribution in [-0.2, 0) is 6.54 Å². The highest BCUT2D eigenvalue weighted by Gasteiger charge is 2.05. The fourth-order valence-electron chi connectivity index (χ4n) is 1.63. The molecule has 0 atom stereocenters. The average molecular weight is 268 g/mol. The van der Waals surface area contributed by atoms with E-state index in [0.29, 0.717) is 11.5 Å². The minimum atomic E-state index is -0.00298. The smallest absolute Gasteiger partial charge is 0.161 e. The molecule has 0 bridgehead atoms.